The maximum absolute atomic E-state index is 12.3. The molecule has 9 heteroatoms. The number of nitrogen functional groups attached to an aromatic ring is 1. The predicted octanol–water partition coefficient (Wildman–Crippen LogP) is 3.74. The Morgan fingerprint density at radius 3 is 2.48 bits per heavy atom. The highest BCUT2D eigenvalue weighted by Crippen LogP contribution is 2.31. The van der Waals surface area contributed by atoms with Gasteiger partial charge in [0.2, 0.25) is 0 Å². The van der Waals surface area contributed by atoms with Crippen molar-refractivity contribution in [2.24, 2.45) is 5.92 Å². The topological polar surface area (TPSA) is 120 Å². The van der Waals surface area contributed by atoms with E-state index >= 15 is 0 Å². The zero-order valence-corrected chi connectivity index (χ0v) is 19.5. The number of carbonyl (C=O) groups excluding carboxylic acids is 2. The molecular weight excluding hydrogens is 424 g/mol. The van der Waals surface area contributed by atoms with Crippen molar-refractivity contribution >= 4 is 17.7 Å². The minimum atomic E-state index is -0.640. The third-order valence-electron chi connectivity index (χ3n) is 5.41. The first-order valence-electron chi connectivity index (χ1n) is 10.8. The maximum Gasteiger partial charge on any atom is 0.410 e. The molecule has 0 radical (unpaired) electrons. The number of methoxy groups -OCH3 is 1. The van der Waals surface area contributed by atoms with Crippen LogP contribution in [0.1, 0.15) is 49.7 Å². The number of aromatic nitrogens is 1. The number of amides is 1. The number of likely N-dealkylation sites (tertiary alicyclic amines) is 1. The zero-order valence-electron chi connectivity index (χ0n) is 19.5. The molecule has 0 spiro atoms. The van der Waals surface area contributed by atoms with E-state index in [0.717, 1.165) is 12.8 Å². The predicted molar refractivity (Wildman–Crippen MR) is 122 cm³/mol. The average molecular weight is 455 g/mol. The Morgan fingerprint density at radius 2 is 1.88 bits per heavy atom. The zero-order chi connectivity index (χ0) is 24.2. The fourth-order valence-corrected chi connectivity index (χ4v) is 3.70. The van der Waals surface area contributed by atoms with E-state index in [0.29, 0.717) is 31.1 Å². The second-order valence-corrected chi connectivity index (χ2v) is 8.97. The van der Waals surface area contributed by atoms with E-state index in [1.165, 1.54) is 17.9 Å². The number of anilines is 1. The van der Waals surface area contributed by atoms with Gasteiger partial charge < -0.3 is 29.4 Å². The fourth-order valence-electron chi connectivity index (χ4n) is 3.70. The standard InChI is InChI=1S/C24H30N4O5/c1-24(2,3)33-23(30)27-11-9-16(10-12-27)15-32-19-8-6-5-7-18(19)28-14-17(13-25)20(26)21(28)22(29)31-4/h5-8,14,16H,9-12,15,26H2,1-4H3. The van der Waals surface area contributed by atoms with Gasteiger partial charge in [0.05, 0.1) is 30.7 Å². The molecule has 176 valence electrons. The van der Waals surface area contributed by atoms with Gasteiger partial charge in [-0.2, -0.15) is 5.26 Å². The van der Waals surface area contributed by atoms with E-state index < -0.39 is 11.6 Å². The number of piperidine rings is 1. The second-order valence-electron chi connectivity index (χ2n) is 8.97. The number of esters is 1. The minimum Gasteiger partial charge on any atom is -0.491 e. The minimum absolute atomic E-state index is 0.0636. The van der Waals surface area contributed by atoms with Crippen LogP contribution in [0.2, 0.25) is 0 Å². The number of para-hydroxylation sites is 2. The number of hydrogen-bond acceptors (Lipinski definition) is 7. The van der Waals surface area contributed by atoms with Crippen molar-refractivity contribution in [2.75, 3.05) is 32.5 Å². The molecule has 1 saturated heterocycles. The molecule has 0 aliphatic carbocycles. The highest BCUT2D eigenvalue weighted by molar-refractivity contribution is 5.96. The Hall–Kier alpha value is -3.67. The van der Waals surface area contributed by atoms with Gasteiger partial charge in [0, 0.05) is 19.3 Å². The maximum atomic E-state index is 12.3. The van der Waals surface area contributed by atoms with Crippen molar-refractivity contribution < 1.29 is 23.8 Å². The molecule has 1 amide bonds. The smallest absolute Gasteiger partial charge is 0.410 e. The number of nitrogens with zero attached hydrogens (tertiary/aromatic N) is 3. The van der Waals surface area contributed by atoms with Gasteiger partial charge in [0.25, 0.3) is 0 Å². The summed E-state index contributed by atoms with van der Waals surface area (Å²) in [6.07, 6.45) is 2.80. The first kappa shape index (κ1) is 24.0. The van der Waals surface area contributed by atoms with Crippen LogP contribution in [-0.2, 0) is 9.47 Å². The number of carbonyl (C=O) groups is 2. The van der Waals surface area contributed by atoms with Crippen LogP contribution in [-0.4, -0.2) is 53.9 Å². The molecule has 2 heterocycles. The quantitative estimate of drug-likeness (QED) is 0.683. The highest BCUT2D eigenvalue weighted by Gasteiger charge is 2.28. The van der Waals surface area contributed by atoms with Crippen LogP contribution in [0.5, 0.6) is 5.75 Å². The third-order valence-corrected chi connectivity index (χ3v) is 5.41. The molecule has 1 aliphatic heterocycles. The summed E-state index contributed by atoms with van der Waals surface area (Å²) in [6.45, 7) is 7.23. The molecule has 2 aromatic rings. The summed E-state index contributed by atoms with van der Waals surface area (Å²) in [5.41, 5.74) is 6.41. The summed E-state index contributed by atoms with van der Waals surface area (Å²) in [4.78, 5) is 26.3. The third kappa shape index (κ3) is 5.58. The van der Waals surface area contributed by atoms with E-state index in [1.54, 1.807) is 17.0 Å². The molecule has 1 aromatic heterocycles. The van der Waals surface area contributed by atoms with Gasteiger partial charge in [-0.3, -0.25) is 0 Å². The van der Waals surface area contributed by atoms with Crippen molar-refractivity contribution in [3.8, 4) is 17.5 Å². The van der Waals surface area contributed by atoms with Crippen LogP contribution >= 0.6 is 0 Å². The normalized spacial score (nSPS) is 14.5. The number of nitrogens with two attached hydrogens (primary N) is 1. The van der Waals surface area contributed by atoms with Crippen LogP contribution in [0.15, 0.2) is 30.5 Å². The summed E-state index contributed by atoms with van der Waals surface area (Å²) in [5.74, 6) is 0.177. The molecule has 9 nitrogen and oxygen atoms in total. The van der Waals surface area contributed by atoms with Crippen LogP contribution in [0.25, 0.3) is 5.69 Å². The summed E-state index contributed by atoms with van der Waals surface area (Å²) in [6, 6.07) is 9.23. The van der Waals surface area contributed by atoms with Crippen molar-refractivity contribution in [3.05, 3.63) is 41.7 Å². The summed E-state index contributed by atoms with van der Waals surface area (Å²) >= 11 is 0. The lowest BCUT2D eigenvalue weighted by Crippen LogP contribution is -2.42. The first-order valence-corrected chi connectivity index (χ1v) is 10.8. The number of benzene rings is 1. The summed E-state index contributed by atoms with van der Waals surface area (Å²) < 4.78 is 18.0. The first-order chi connectivity index (χ1) is 15.6. The van der Waals surface area contributed by atoms with Crippen LogP contribution < -0.4 is 10.5 Å². The van der Waals surface area contributed by atoms with E-state index in [9.17, 15) is 14.9 Å². The molecule has 1 aliphatic rings. The van der Waals surface area contributed by atoms with Crippen molar-refractivity contribution in [2.45, 2.75) is 39.2 Å². The fraction of sp³-hybridized carbons (Fsp3) is 0.458. The Balaban J connectivity index is 1.71. The van der Waals surface area contributed by atoms with Gasteiger partial charge in [-0.05, 0) is 51.7 Å². The number of rotatable bonds is 5. The van der Waals surface area contributed by atoms with Gasteiger partial charge in [-0.25, -0.2) is 9.59 Å². The van der Waals surface area contributed by atoms with E-state index in [-0.39, 0.29) is 29.0 Å². The molecule has 0 bridgehead atoms. The number of hydrogen-bond donors (Lipinski definition) is 1. The van der Waals surface area contributed by atoms with Crippen LogP contribution in [0.4, 0.5) is 10.5 Å². The van der Waals surface area contributed by atoms with Crippen LogP contribution in [0, 0.1) is 17.2 Å². The van der Waals surface area contributed by atoms with Gasteiger partial charge in [-0.15, -0.1) is 0 Å². The van der Waals surface area contributed by atoms with E-state index in [2.05, 4.69) is 0 Å². The molecule has 2 N–H and O–H groups in total. The highest BCUT2D eigenvalue weighted by atomic mass is 16.6. The second kappa shape index (κ2) is 9.86. The van der Waals surface area contributed by atoms with Gasteiger partial charge in [0.15, 0.2) is 5.69 Å². The van der Waals surface area contributed by atoms with Gasteiger partial charge in [0.1, 0.15) is 17.4 Å². The Kier molecular flexibility index (Phi) is 7.16. The lowest BCUT2D eigenvalue weighted by molar-refractivity contribution is 0.0164. The van der Waals surface area contributed by atoms with Gasteiger partial charge in [-0.1, -0.05) is 12.1 Å². The molecule has 1 fully saturated rings. The molecule has 0 atom stereocenters. The molecule has 3 rings (SSSR count). The molecular formula is C24H30N4O5. The monoisotopic (exact) mass is 454 g/mol. The Labute approximate surface area is 193 Å². The Bertz CT molecular complexity index is 1060. The lowest BCUT2D eigenvalue weighted by Gasteiger charge is -2.33. The largest absolute Gasteiger partial charge is 0.491 e. The van der Waals surface area contributed by atoms with Crippen molar-refractivity contribution in [1.29, 1.82) is 5.26 Å². The summed E-state index contributed by atoms with van der Waals surface area (Å²) in [5, 5.41) is 9.36. The number of ether oxygens (including phenoxy) is 3. The molecule has 33 heavy (non-hydrogen) atoms. The summed E-state index contributed by atoms with van der Waals surface area (Å²) in [7, 11) is 1.26. The lowest BCUT2D eigenvalue weighted by atomic mass is 9.98. The molecule has 0 unspecified atom stereocenters. The van der Waals surface area contributed by atoms with E-state index in [4.69, 9.17) is 19.9 Å². The van der Waals surface area contributed by atoms with Crippen molar-refractivity contribution in [3.63, 3.8) is 0 Å². The molecule has 1 aromatic carbocycles. The number of nitriles is 1. The van der Waals surface area contributed by atoms with Crippen LogP contribution in [0.3, 0.4) is 0 Å². The van der Waals surface area contributed by atoms with Crippen molar-refractivity contribution in [1.82, 2.24) is 9.47 Å². The Morgan fingerprint density at radius 1 is 1.21 bits per heavy atom. The SMILES string of the molecule is COC(=O)c1c(N)c(C#N)cn1-c1ccccc1OCC1CCN(C(=O)OC(C)(C)C)CC1. The van der Waals surface area contributed by atoms with Gasteiger partial charge >= 0.3 is 12.1 Å². The van der Waals surface area contributed by atoms with E-state index in [1.807, 2.05) is 39.0 Å². The average Bonchev–Trinajstić information content (AvgIpc) is 3.12. The molecule has 0 saturated carbocycles.